The fourth-order valence-corrected chi connectivity index (χ4v) is 2.12. The minimum absolute atomic E-state index is 0.0504. The highest BCUT2D eigenvalue weighted by atomic mass is 16.4. The monoisotopic (exact) mass is 250 g/mol. The summed E-state index contributed by atoms with van der Waals surface area (Å²) in [4.78, 5) is 25.0. The second kappa shape index (κ2) is 5.25. The Bertz CT molecular complexity index is 449. The highest BCUT2D eigenvalue weighted by Gasteiger charge is 2.33. The van der Waals surface area contributed by atoms with Crippen molar-refractivity contribution >= 4 is 11.9 Å². The van der Waals surface area contributed by atoms with Crippen LogP contribution < -0.4 is 0 Å². The van der Waals surface area contributed by atoms with E-state index in [4.69, 9.17) is 5.11 Å². The zero-order valence-corrected chi connectivity index (χ0v) is 10.5. The topological polar surface area (TPSA) is 62.5 Å². The van der Waals surface area contributed by atoms with Crippen LogP contribution in [0.5, 0.6) is 0 Å². The number of hydrogen-bond donors (Lipinski definition) is 1. The quantitative estimate of drug-likeness (QED) is 0.834. The number of amides is 1. The van der Waals surface area contributed by atoms with Crippen LogP contribution in [-0.2, 0) is 11.3 Å². The Morgan fingerprint density at radius 3 is 2.78 bits per heavy atom. The number of carbonyl (C=O) groups excluding carboxylic acids is 1. The van der Waals surface area contributed by atoms with Crippen molar-refractivity contribution in [2.24, 2.45) is 0 Å². The first-order valence-corrected chi connectivity index (χ1v) is 6.31. The summed E-state index contributed by atoms with van der Waals surface area (Å²) in [7, 11) is 0. The largest absolute Gasteiger partial charge is 0.480 e. The molecule has 2 rings (SSSR count). The maximum Gasteiger partial charge on any atom is 0.323 e. The smallest absolute Gasteiger partial charge is 0.323 e. The fourth-order valence-electron chi connectivity index (χ4n) is 2.12. The fraction of sp³-hybridized carbons (Fsp3) is 0.538. The van der Waals surface area contributed by atoms with Crippen molar-refractivity contribution in [1.29, 1.82) is 0 Å². The molecule has 98 valence electrons. The molecule has 5 heteroatoms. The Morgan fingerprint density at radius 1 is 1.50 bits per heavy atom. The van der Waals surface area contributed by atoms with Crippen molar-refractivity contribution in [3.8, 4) is 0 Å². The van der Waals surface area contributed by atoms with Crippen LogP contribution in [0.4, 0.5) is 0 Å². The van der Waals surface area contributed by atoms with Gasteiger partial charge in [-0.15, -0.1) is 0 Å². The number of rotatable bonds is 6. The molecule has 1 amide bonds. The van der Waals surface area contributed by atoms with Gasteiger partial charge in [0, 0.05) is 18.8 Å². The average Bonchev–Trinajstić information content (AvgIpc) is 3.05. The summed E-state index contributed by atoms with van der Waals surface area (Å²) in [5, 5.41) is 8.81. The van der Waals surface area contributed by atoms with E-state index in [1.807, 2.05) is 11.8 Å². The molecule has 1 aliphatic rings. The Balaban J connectivity index is 2.16. The molecule has 1 aromatic heterocycles. The molecular formula is C13H18N2O3. The zero-order chi connectivity index (χ0) is 13.1. The number of hydrogen-bond acceptors (Lipinski definition) is 2. The molecule has 5 nitrogen and oxygen atoms in total. The van der Waals surface area contributed by atoms with Gasteiger partial charge in [0.15, 0.2) is 0 Å². The van der Waals surface area contributed by atoms with E-state index in [1.54, 1.807) is 18.3 Å². The Labute approximate surface area is 106 Å². The summed E-state index contributed by atoms with van der Waals surface area (Å²) < 4.78 is 1.50. The van der Waals surface area contributed by atoms with Gasteiger partial charge in [0.1, 0.15) is 12.2 Å². The molecule has 0 aromatic carbocycles. The van der Waals surface area contributed by atoms with Gasteiger partial charge in [-0.2, -0.15) is 0 Å². The Morgan fingerprint density at radius 2 is 2.22 bits per heavy atom. The summed E-state index contributed by atoms with van der Waals surface area (Å²) in [6.07, 6.45) is 4.68. The Kier molecular flexibility index (Phi) is 3.69. The lowest BCUT2D eigenvalue weighted by molar-refractivity contribution is -0.137. The van der Waals surface area contributed by atoms with Crippen molar-refractivity contribution in [3.63, 3.8) is 0 Å². The molecule has 1 heterocycles. The van der Waals surface area contributed by atoms with Crippen LogP contribution in [0, 0.1) is 0 Å². The molecule has 0 radical (unpaired) electrons. The maximum atomic E-state index is 12.4. The summed E-state index contributed by atoms with van der Waals surface area (Å²) >= 11 is 0. The van der Waals surface area contributed by atoms with Gasteiger partial charge in [0.2, 0.25) is 0 Å². The number of aromatic nitrogens is 1. The summed E-state index contributed by atoms with van der Waals surface area (Å²) in [6, 6.07) is 3.76. The SMILES string of the molecule is CCCN(C(=O)c1cccn1CC(=O)O)C1CC1. The third-order valence-corrected chi connectivity index (χ3v) is 3.07. The lowest BCUT2D eigenvalue weighted by Crippen LogP contribution is -2.35. The molecule has 0 atom stereocenters. The molecule has 0 bridgehead atoms. The average molecular weight is 250 g/mol. The third-order valence-electron chi connectivity index (χ3n) is 3.07. The van der Waals surface area contributed by atoms with Crippen molar-refractivity contribution in [1.82, 2.24) is 9.47 Å². The molecule has 1 aromatic rings. The van der Waals surface area contributed by atoms with Gasteiger partial charge in [-0.1, -0.05) is 6.92 Å². The van der Waals surface area contributed by atoms with Crippen LogP contribution in [-0.4, -0.2) is 39.0 Å². The van der Waals surface area contributed by atoms with Crippen LogP contribution >= 0.6 is 0 Å². The number of nitrogens with zero attached hydrogens (tertiary/aromatic N) is 2. The summed E-state index contributed by atoms with van der Waals surface area (Å²) in [5.74, 6) is -0.987. The number of carboxylic acids is 1. The lowest BCUT2D eigenvalue weighted by Gasteiger charge is -2.22. The molecule has 0 unspecified atom stereocenters. The van der Waals surface area contributed by atoms with E-state index < -0.39 is 5.97 Å². The standard InChI is InChI=1S/C13H18N2O3/c1-2-7-15(10-5-6-10)13(18)11-4-3-8-14(11)9-12(16)17/h3-4,8,10H,2,5-7,9H2,1H3,(H,16,17). The van der Waals surface area contributed by atoms with Crippen molar-refractivity contribution < 1.29 is 14.7 Å². The molecule has 18 heavy (non-hydrogen) atoms. The van der Waals surface area contributed by atoms with E-state index in [-0.39, 0.29) is 12.5 Å². The van der Waals surface area contributed by atoms with E-state index in [2.05, 4.69) is 0 Å². The zero-order valence-electron chi connectivity index (χ0n) is 10.5. The first kappa shape index (κ1) is 12.7. The summed E-state index contributed by atoms with van der Waals surface area (Å²) in [5.41, 5.74) is 0.470. The second-order valence-corrected chi connectivity index (χ2v) is 4.64. The van der Waals surface area contributed by atoms with Gasteiger partial charge in [0.25, 0.3) is 5.91 Å². The maximum absolute atomic E-state index is 12.4. The lowest BCUT2D eigenvalue weighted by atomic mass is 10.3. The number of aliphatic carboxylic acids is 1. The van der Waals surface area contributed by atoms with Crippen LogP contribution in [0.15, 0.2) is 18.3 Å². The minimum Gasteiger partial charge on any atom is -0.480 e. The third kappa shape index (κ3) is 2.72. The molecular weight excluding hydrogens is 232 g/mol. The van der Waals surface area contributed by atoms with Crippen molar-refractivity contribution in [2.45, 2.75) is 38.8 Å². The summed E-state index contributed by atoms with van der Waals surface area (Å²) in [6.45, 7) is 2.61. The highest BCUT2D eigenvalue weighted by molar-refractivity contribution is 5.93. The molecule has 0 aliphatic heterocycles. The number of carboxylic acid groups (broad SMARTS) is 1. The van der Waals surface area contributed by atoms with Crippen molar-refractivity contribution in [2.75, 3.05) is 6.54 Å². The van der Waals surface area contributed by atoms with Gasteiger partial charge in [-0.05, 0) is 31.4 Å². The van der Waals surface area contributed by atoms with Crippen LogP contribution in [0.1, 0.15) is 36.7 Å². The second-order valence-electron chi connectivity index (χ2n) is 4.64. The van der Waals surface area contributed by atoms with E-state index in [1.165, 1.54) is 4.57 Å². The van der Waals surface area contributed by atoms with Gasteiger partial charge in [-0.3, -0.25) is 9.59 Å². The van der Waals surface area contributed by atoms with E-state index in [0.29, 0.717) is 11.7 Å². The molecule has 0 saturated heterocycles. The molecule has 1 N–H and O–H groups in total. The predicted octanol–water partition coefficient (Wildman–Crippen LogP) is 1.59. The van der Waals surface area contributed by atoms with Crippen molar-refractivity contribution in [3.05, 3.63) is 24.0 Å². The minimum atomic E-state index is -0.936. The van der Waals surface area contributed by atoms with Crippen LogP contribution in [0.25, 0.3) is 0 Å². The highest BCUT2D eigenvalue weighted by Crippen LogP contribution is 2.28. The normalized spacial score (nSPS) is 14.5. The van der Waals surface area contributed by atoms with Crippen LogP contribution in [0.2, 0.25) is 0 Å². The van der Waals surface area contributed by atoms with Gasteiger partial charge in [-0.25, -0.2) is 0 Å². The van der Waals surface area contributed by atoms with Gasteiger partial charge >= 0.3 is 5.97 Å². The number of carbonyl (C=O) groups is 2. The first-order valence-electron chi connectivity index (χ1n) is 6.31. The van der Waals surface area contributed by atoms with E-state index in [9.17, 15) is 9.59 Å². The molecule has 1 aliphatic carbocycles. The predicted molar refractivity (Wildman–Crippen MR) is 66.4 cm³/mol. The molecule has 0 spiro atoms. The first-order chi connectivity index (χ1) is 8.63. The van der Waals surface area contributed by atoms with E-state index in [0.717, 1.165) is 25.8 Å². The molecule has 1 saturated carbocycles. The van der Waals surface area contributed by atoms with Crippen LogP contribution in [0.3, 0.4) is 0 Å². The van der Waals surface area contributed by atoms with Gasteiger partial charge < -0.3 is 14.6 Å². The van der Waals surface area contributed by atoms with Gasteiger partial charge in [0.05, 0.1) is 0 Å². The van der Waals surface area contributed by atoms with E-state index >= 15 is 0 Å². The molecule has 1 fully saturated rings. The Hall–Kier alpha value is -1.78.